The van der Waals surface area contributed by atoms with Crippen molar-refractivity contribution in [2.75, 3.05) is 0 Å². The van der Waals surface area contributed by atoms with Crippen molar-refractivity contribution in [3.05, 3.63) is 0 Å². The molecular weight excluding hydrogens is 250 g/mol. The van der Waals surface area contributed by atoms with Gasteiger partial charge in [-0.05, 0) is 37.0 Å². The zero-order chi connectivity index (χ0) is 14.0. The summed E-state index contributed by atoms with van der Waals surface area (Å²) in [6.07, 6.45) is 4.40. The lowest BCUT2D eigenvalue weighted by Gasteiger charge is -2.21. The number of hydrogen-bond acceptors (Lipinski definition) is 3. The van der Waals surface area contributed by atoms with Crippen LogP contribution in [0.3, 0.4) is 0 Å². The van der Waals surface area contributed by atoms with E-state index in [2.05, 4.69) is 5.32 Å². The Morgan fingerprint density at radius 1 is 1.16 bits per heavy atom. The van der Waals surface area contributed by atoms with Crippen molar-refractivity contribution >= 4 is 17.8 Å². The van der Waals surface area contributed by atoms with Gasteiger partial charge in [-0.25, -0.2) is 4.79 Å². The monoisotopic (exact) mass is 269 g/mol. The molecule has 6 heteroatoms. The molecule has 3 N–H and O–H groups in total. The Labute approximate surface area is 111 Å². The zero-order valence-corrected chi connectivity index (χ0v) is 10.7. The Morgan fingerprint density at radius 2 is 1.89 bits per heavy atom. The third-order valence-corrected chi connectivity index (χ3v) is 4.34. The van der Waals surface area contributed by atoms with Crippen molar-refractivity contribution in [1.29, 1.82) is 0 Å². The van der Waals surface area contributed by atoms with Gasteiger partial charge >= 0.3 is 11.9 Å². The molecule has 0 aromatic carbocycles. The number of fused-ring (bicyclic) bond motifs is 2. The molecule has 0 saturated heterocycles. The van der Waals surface area contributed by atoms with Gasteiger partial charge in [0.2, 0.25) is 5.91 Å². The lowest BCUT2D eigenvalue weighted by molar-refractivity contribution is -0.147. The highest BCUT2D eigenvalue weighted by atomic mass is 16.4. The summed E-state index contributed by atoms with van der Waals surface area (Å²) in [5, 5.41) is 19.8. The van der Waals surface area contributed by atoms with Crippen LogP contribution in [0, 0.1) is 17.8 Å². The van der Waals surface area contributed by atoms with Crippen LogP contribution in [0.5, 0.6) is 0 Å². The molecule has 6 nitrogen and oxygen atoms in total. The van der Waals surface area contributed by atoms with Crippen LogP contribution in [0.15, 0.2) is 0 Å². The largest absolute Gasteiger partial charge is 0.481 e. The van der Waals surface area contributed by atoms with Crippen LogP contribution in [0.2, 0.25) is 0 Å². The fourth-order valence-corrected chi connectivity index (χ4v) is 3.49. The van der Waals surface area contributed by atoms with E-state index in [-0.39, 0.29) is 5.91 Å². The summed E-state index contributed by atoms with van der Waals surface area (Å²) >= 11 is 0. The average Bonchev–Trinajstić information content (AvgIpc) is 2.89. The van der Waals surface area contributed by atoms with Crippen LogP contribution in [-0.4, -0.2) is 34.1 Å². The normalized spacial score (nSPS) is 30.0. The molecule has 0 heterocycles. The van der Waals surface area contributed by atoms with Crippen molar-refractivity contribution in [2.24, 2.45) is 17.8 Å². The van der Waals surface area contributed by atoms with Crippen molar-refractivity contribution in [3.63, 3.8) is 0 Å². The second-order valence-corrected chi connectivity index (χ2v) is 5.70. The SMILES string of the molecule is O=C(O)CC(NC(=O)CC1CC2CCC1C2)C(=O)O. The molecule has 2 aliphatic rings. The molecule has 2 fully saturated rings. The van der Waals surface area contributed by atoms with E-state index in [1.165, 1.54) is 19.3 Å². The lowest BCUT2D eigenvalue weighted by atomic mass is 9.86. The van der Waals surface area contributed by atoms with Gasteiger partial charge < -0.3 is 15.5 Å². The highest BCUT2D eigenvalue weighted by Crippen LogP contribution is 2.49. The number of carboxylic acids is 2. The van der Waals surface area contributed by atoms with E-state index in [1.807, 2.05) is 0 Å². The van der Waals surface area contributed by atoms with Gasteiger partial charge in [-0.3, -0.25) is 9.59 Å². The fraction of sp³-hybridized carbons (Fsp3) is 0.769. The summed E-state index contributed by atoms with van der Waals surface area (Å²) in [4.78, 5) is 33.2. The molecule has 0 aliphatic heterocycles. The predicted octanol–water partition coefficient (Wildman–Crippen LogP) is 0.857. The van der Waals surface area contributed by atoms with Gasteiger partial charge in [-0.15, -0.1) is 0 Å². The number of rotatable bonds is 6. The summed E-state index contributed by atoms with van der Waals surface area (Å²) in [7, 11) is 0. The van der Waals surface area contributed by atoms with E-state index in [0.717, 1.165) is 12.3 Å². The summed E-state index contributed by atoms with van der Waals surface area (Å²) in [5.41, 5.74) is 0. The minimum absolute atomic E-state index is 0.324. The first-order chi connectivity index (χ1) is 8.95. The van der Waals surface area contributed by atoms with Crippen LogP contribution in [0.25, 0.3) is 0 Å². The van der Waals surface area contributed by atoms with E-state index in [0.29, 0.717) is 18.3 Å². The number of carbonyl (C=O) groups is 3. The molecule has 1 amide bonds. The summed E-state index contributed by atoms with van der Waals surface area (Å²) < 4.78 is 0. The maximum atomic E-state index is 11.8. The number of nitrogens with one attached hydrogen (secondary N) is 1. The van der Waals surface area contributed by atoms with Crippen molar-refractivity contribution in [3.8, 4) is 0 Å². The van der Waals surface area contributed by atoms with Crippen LogP contribution in [0.4, 0.5) is 0 Å². The van der Waals surface area contributed by atoms with Gasteiger partial charge in [-0.1, -0.05) is 6.42 Å². The van der Waals surface area contributed by atoms with Gasteiger partial charge in [0, 0.05) is 6.42 Å². The summed E-state index contributed by atoms with van der Waals surface area (Å²) in [5.74, 6) is -1.20. The maximum absolute atomic E-state index is 11.8. The first kappa shape index (κ1) is 13.8. The molecule has 19 heavy (non-hydrogen) atoms. The number of aliphatic carboxylic acids is 2. The van der Waals surface area contributed by atoms with Gasteiger partial charge in [-0.2, -0.15) is 0 Å². The number of hydrogen-bond donors (Lipinski definition) is 3. The Hall–Kier alpha value is -1.59. The number of amides is 1. The molecule has 0 aromatic heterocycles. The Bertz CT molecular complexity index is 394. The Balaban J connectivity index is 1.82. The minimum Gasteiger partial charge on any atom is -0.481 e. The van der Waals surface area contributed by atoms with Crippen LogP contribution >= 0.6 is 0 Å². The number of carbonyl (C=O) groups excluding carboxylic acids is 1. The van der Waals surface area contributed by atoms with Gasteiger partial charge in [0.05, 0.1) is 6.42 Å². The molecule has 2 saturated carbocycles. The molecule has 0 radical (unpaired) electrons. The van der Waals surface area contributed by atoms with E-state index in [4.69, 9.17) is 10.2 Å². The first-order valence-electron chi connectivity index (χ1n) is 6.69. The van der Waals surface area contributed by atoms with Crippen LogP contribution in [-0.2, 0) is 14.4 Å². The smallest absolute Gasteiger partial charge is 0.326 e. The maximum Gasteiger partial charge on any atom is 0.326 e. The predicted molar refractivity (Wildman–Crippen MR) is 65.4 cm³/mol. The van der Waals surface area contributed by atoms with Crippen molar-refractivity contribution in [2.45, 2.75) is 44.6 Å². The van der Waals surface area contributed by atoms with E-state index in [9.17, 15) is 14.4 Å². The fourth-order valence-electron chi connectivity index (χ4n) is 3.49. The molecule has 2 rings (SSSR count). The molecular formula is C13H19NO5. The third kappa shape index (κ3) is 3.45. The Morgan fingerprint density at radius 3 is 2.37 bits per heavy atom. The van der Waals surface area contributed by atoms with Gasteiger partial charge in [0.15, 0.2) is 0 Å². The van der Waals surface area contributed by atoms with E-state index < -0.39 is 24.4 Å². The van der Waals surface area contributed by atoms with Crippen molar-refractivity contribution in [1.82, 2.24) is 5.32 Å². The second kappa shape index (κ2) is 5.59. The minimum atomic E-state index is -1.33. The Kier molecular flexibility index (Phi) is 4.07. The summed E-state index contributed by atoms with van der Waals surface area (Å²) in [6.45, 7) is 0. The molecule has 2 aliphatic carbocycles. The lowest BCUT2D eigenvalue weighted by Crippen LogP contribution is -2.43. The topological polar surface area (TPSA) is 104 Å². The molecule has 0 spiro atoms. The second-order valence-electron chi connectivity index (χ2n) is 5.70. The highest BCUT2D eigenvalue weighted by molar-refractivity contribution is 5.86. The van der Waals surface area contributed by atoms with E-state index in [1.54, 1.807) is 0 Å². The van der Waals surface area contributed by atoms with Gasteiger partial charge in [0.1, 0.15) is 6.04 Å². The highest BCUT2D eigenvalue weighted by Gasteiger charge is 2.40. The van der Waals surface area contributed by atoms with E-state index >= 15 is 0 Å². The molecule has 4 unspecified atom stereocenters. The first-order valence-corrected chi connectivity index (χ1v) is 6.69. The average molecular weight is 269 g/mol. The standard InChI is InChI=1S/C13H19NO5/c15-11(14-10(13(18)19)6-12(16)17)5-9-4-7-1-2-8(9)3-7/h7-10H,1-6H2,(H,14,15)(H,16,17)(H,18,19). The molecule has 4 atom stereocenters. The zero-order valence-electron chi connectivity index (χ0n) is 10.7. The van der Waals surface area contributed by atoms with Crippen molar-refractivity contribution < 1.29 is 24.6 Å². The summed E-state index contributed by atoms with van der Waals surface area (Å²) in [6, 6.07) is -1.33. The quantitative estimate of drug-likeness (QED) is 0.663. The third-order valence-electron chi connectivity index (χ3n) is 4.34. The van der Waals surface area contributed by atoms with Crippen LogP contribution < -0.4 is 5.32 Å². The van der Waals surface area contributed by atoms with Crippen LogP contribution in [0.1, 0.15) is 38.5 Å². The molecule has 106 valence electrons. The molecule has 0 aromatic rings. The number of carboxylic acid groups (broad SMARTS) is 2. The van der Waals surface area contributed by atoms with Gasteiger partial charge in [0.25, 0.3) is 0 Å². The molecule has 2 bridgehead atoms.